The van der Waals surface area contributed by atoms with E-state index in [1.54, 1.807) is 0 Å². The number of rotatable bonds is 4. The van der Waals surface area contributed by atoms with Crippen molar-refractivity contribution in [3.63, 3.8) is 0 Å². The summed E-state index contributed by atoms with van der Waals surface area (Å²) in [5, 5.41) is 3.71. The van der Waals surface area contributed by atoms with Crippen molar-refractivity contribution in [3.05, 3.63) is 21.9 Å². The zero-order valence-corrected chi connectivity index (χ0v) is 12.1. The zero-order valence-electron chi connectivity index (χ0n) is 11.3. The first-order valence-corrected chi connectivity index (χ1v) is 7.76. The molecule has 0 bridgehead atoms. The second-order valence-electron chi connectivity index (χ2n) is 5.72. The lowest BCUT2D eigenvalue weighted by Crippen LogP contribution is -2.28. The standard InChI is InChI=1S/C15H25NS/c1-11-5-4-6-14(9-11)10-16-13(3)15-8-7-12(2)17-15/h7-8,11,13-14,16H,4-6,9-10H2,1-3H3. The summed E-state index contributed by atoms with van der Waals surface area (Å²) in [6.45, 7) is 8.07. The first kappa shape index (κ1) is 13.1. The molecule has 96 valence electrons. The smallest absolute Gasteiger partial charge is 0.0386 e. The number of aryl methyl sites for hydroxylation is 1. The van der Waals surface area contributed by atoms with Gasteiger partial charge in [0.2, 0.25) is 0 Å². The molecule has 2 heteroatoms. The molecular weight excluding hydrogens is 226 g/mol. The molecule has 0 aliphatic heterocycles. The van der Waals surface area contributed by atoms with E-state index >= 15 is 0 Å². The second-order valence-corrected chi connectivity index (χ2v) is 7.04. The maximum atomic E-state index is 3.71. The van der Waals surface area contributed by atoms with Crippen molar-refractivity contribution in [1.82, 2.24) is 5.32 Å². The Labute approximate surface area is 110 Å². The molecule has 1 aromatic rings. The minimum absolute atomic E-state index is 0.519. The summed E-state index contributed by atoms with van der Waals surface area (Å²) in [5.41, 5.74) is 0. The lowest BCUT2D eigenvalue weighted by atomic mass is 9.82. The summed E-state index contributed by atoms with van der Waals surface area (Å²) >= 11 is 1.92. The lowest BCUT2D eigenvalue weighted by molar-refractivity contribution is 0.269. The molecule has 1 fully saturated rings. The summed E-state index contributed by atoms with van der Waals surface area (Å²) in [4.78, 5) is 2.89. The monoisotopic (exact) mass is 251 g/mol. The third-order valence-electron chi connectivity index (χ3n) is 3.95. The fourth-order valence-corrected chi connectivity index (χ4v) is 3.78. The number of hydrogen-bond acceptors (Lipinski definition) is 2. The fraction of sp³-hybridized carbons (Fsp3) is 0.733. The Balaban J connectivity index is 1.77. The largest absolute Gasteiger partial charge is 0.309 e. The normalized spacial score (nSPS) is 27.0. The van der Waals surface area contributed by atoms with Gasteiger partial charge in [-0.15, -0.1) is 11.3 Å². The Bertz CT molecular complexity index is 344. The summed E-state index contributed by atoms with van der Waals surface area (Å²) in [6, 6.07) is 5.01. The number of nitrogens with one attached hydrogen (secondary N) is 1. The predicted molar refractivity (Wildman–Crippen MR) is 76.6 cm³/mol. The van der Waals surface area contributed by atoms with Gasteiger partial charge in [0.1, 0.15) is 0 Å². The predicted octanol–water partition coefficient (Wildman–Crippen LogP) is 4.53. The molecule has 1 aliphatic carbocycles. The second kappa shape index (κ2) is 6.01. The van der Waals surface area contributed by atoms with Gasteiger partial charge in [0.15, 0.2) is 0 Å². The third kappa shape index (κ3) is 3.82. The average molecular weight is 251 g/mol. The van der Waals surface area contributed by atoms with Crippen LogP contribution in [0.15, 0.2) is 12.1 Å². The van der Waals surface area contributed by atoms with Gasteiger partial charge in [-0.2, -0.15) is 0 Å². The van der Waals surface area contributed by atoms with Crippen LogP contribution < -0.4 is 5.32 Å². The van der Waals surface area contributed by atoms with E-state index in [0.717, 1.165) is 11.8 Å². The van der Waals surface area contributed by atoms with Crippen LogP contribution in [0, 0.1) is 18.8 Å². The van der Waals surface area contributed by atoms with Crippen molar-refractivity contribution in [1.29, 1.82) is 0 Å². The van der Waals surface area contributed by atoms with Crippen molar-refractivity contribution in [2.45, 2.75) is 52.5 Å². The summed E-state index contributed by atoms with van der Waals surface area (Å²) < 4.78 is 0. The Hall–Kier alpha value is -0.340. The first-order valence-electron chi connectivity index (χ1n) is 6.95. The van der Waals surface area contributed by atoms with Crippen molar-refractivity contribution >= 4 is 11.3 Å². The Morgan fingerprint density at radius 2 is 2.24 bits per heavy atom. The third-order valence-corrected chi connectivity index (χ3v) is 5.13. The van der Waals surface area contributed by atoms with Crippen LogP contribution in [-0.2, 0) is 0 Å². The van der Waals surface area contributed by atoms with Crippen LogP contribution >= 0.6 is 11.3 Å². The molecule has 0 saturated heterocycles. The van der Waals surface area contributed by atoms with E-state index in [1.807, 2.05) is 11.3 Å². The molecule has 0 spiro atoms. The highest BCUT2D eigenvalue weighted by molar-refractivity contribution is 7.12. The van der Waals surface area contributed by atoms with E-state index in [-0.39, 0.29) is 0 Å². The van der Waals surface area contributed by atoms with Crippen molar-refractivity contribution in [2.24, 2.45) is 11.8 Å². The molecule has 17 heavy (non-hydrogen) atoms. The molecule has 1 N–H and O–H groups in total. The van der Waals surface area contributed by atoms with Gasteiger partial charge in [-0.05, 0) is 57.2 Å². The summed E-state index contributed by atoms with van der Waals surface area (Å²) in [5.74, 6) is 1.84. The SMILES string of the molecule is Cc1ccc(C(C)NCC2CCCC(C)C2)s1. The molecule has 0 aromatic carbocycles. The minimum Gasteiger partial charge on any atom is -0.309 e. The van der Waals surface area contributed by atoms with Crippen molar-refractivity contribution in [2.75, 3.05) is 6.54 Å². The molecule has 1 aliphatic rings. The van der Waals surface area contributed by atoms with Crippen LogP contribution in [0.2, 0.25) is 0 Å². The van der Waals surface area contributed by atoms with Gasteiger partial charge in [-0.1, -0.05) is 19.8 Å². The highest BCUT2D eigenvalue weighted by atomic mass is 32.1. The van der Waals surface area contributed by atoms with Crippen molar-refractivity contribution < 1.29 is 0 Å². The van der Waals surface area contributed by atoms with E-state index in [0.29, 0.717) is 6.04 Å². The zero-order chi connectivity index (χ0) is 12.3. The maximum Gasteiger partial charge on any atom is 0.0386 e. The van der Waals surface area contributed by atoms with Gasteiger partial charge in [0.25, 0.3) is 0 Å². The number of hydrogen-bond donors (Lipinski definition) is 1. The molecule has 3 atom stereocenters. The van der Waals surface area contributed by atoms with Crippen LogP contribution in [0.1, 0.15) is 55.3 Å². The van der Waals surface area contributed by atoms with E-state index in [4.69, 9.17) is 0 Å². The quantitative estimate of drug-likeness (QED) is 0.829. The van der Waals surface area contributed by atoms with Crippen LogP contribution in [0.25, 0.3) is 0 Å². The van der Waals surface area contributed by atoms with Crippen LogP contribution in [0.5, 0.6) is 0 Å². The Kier molecular flexibility index (Phi) is 4.63. The van der Waals surface area contributed by atoms with Gasteiger partial charge in [0.05, 0.1) is 0 Å². The van der Waals surface area contributed by atoms with Gasteiger partial charge in [-0.3, -0.25) is 0 Å². The van der Waals surface area contributed by atoms with Gasteiger partial charge < -0.3 is 5.32 Å². The topological polar surface area (TPSA) is 12.0 Å². The lowest BCUT2D eigenvalue weighted by Gasteiger charge is -2.28. The van der Waals surface area contributed by atoms with Crippen LogP contribution in [-0.4, -0.2) is 6.54 Å². The Morgan fingerprint density at radius 3 is 2.88 bits per heavy atom. The average Bonchev–Trinajstić information content (AvgIpc) is 2.73. The van der Waals surface area contributed by atoms with Gasteiger partial charge in [-0.25, -0.2) is 0 Å². The van der Waals surface area contributed by atoms with Gasteiger partial charge >= 0.3 is 0 Å². The molecule has 1 saturated carbocycles. The van der Waals surface area contributed by atoms with E-state index < -0.39 is 0 Å². The molecule has 1 aromatic heterocycles. The molecule has 0 amide bonds. The molecule has 1 nitrogen and oxygen atoms in total. The molecular formula is C15H25NS. The molecule has 3 unspecified atom stereocenters. The molecule has 1 heterocycles. The van der Waals surface area contributed by atoms with Crippen LogP contribution in [0.3, 0.4) is 0 Å². The highest BCUT2D eigenvalue weighted by Gasteiger charge is 2.19. The molecule has 0 radical (unpaired) electrons. The summed E-state index contributed by atoms with van der Waals surface area (Å²) in [6.07, 6.45) is 5.72. The summed E-state index contributed by atoms with van der Waals surface area (Å²) in [7, 11) is 0. The van der Waals surface area contributed by atoms with Crippen LogP contribution in [0.4, 0.5) is 0 Å². The first-order chi connectivity index (χ1) is 8.15. The van der Waals surface area contributed by atoms with Gasteiger partial charge in [0, 0.05) is 15.8 Å². The fourth-order valence-electron chi connectivity index (χ4n) is 2.88. The maximum absolute atomic E-state index is 3.71. The number of thiophene rings is 1. The molecule has 2 rings (SSSR count). The van der Waals surface area contributed by atoms with E-state index in [9.17, 15) is 0 Å². The van der Waals surface area contributed by atoms with E-state index in [2.05, 4.69) is 38.2 Å². The Morgan fingerprint density at radius 1 is 1.41 bits per heavy atom. The minimum atomic E-state index is 0.519. The van der Waals surface area contributed by atoms with Crippen molar-refractivity contribution in [3.8, 4) is 0 Å². The van der Waals surface area contributed by atoms with E-state index in [1.165, 1.54) is 42.0 Å². The highest BCUT2D eigenvalue weighted by Crippen LogP contribution is 2.29.